The van der Waals surface area contributed by atoms with E-state index in [2.05, 4.69) is 0 Å². The molecule has 0 saturated carbocycles. The molecule has 2 aromatic carbocycles. The van der Waals surface area contributed by atoms with E-state index in [1.807, 2.05) is 55.5 Å². The van der Waals surface area contributed by atoms with Crippen LogP contribution in [0.15, 0.2) is 77.3 Å². The van der Waals surface area contributed by atoms with Gasteiger partial charge in [0.2, 0.25) is 5.78 Å². The third kappa shape index (κ3) is 3.44. The second kappa shape index (κ2) is 8.15. The van der Waals surface area contributed by atoms with E-state index in [4.69, 9.17) is 14.2 Å². The van der Waals surface area contributed by atoms with Crippen molar-refractivity contribution >= 4 is 17.8 Å². The molecule has 0 N–H and O–H groups in total. The SMILES string of the molecule is CCOC(=O)C1=C(C)C=C2O/C(=C\c3ccccc3)C(=O)C2C1c1ccc2c(c1)OCC2. The molecular weight excluding hydrogens is 404 g/mol. The molecule has 2 atom stereocenters. The molecule has 0 aromatic heterocycles. The lowest BCUT2D eigenvalue weighted by atomic mass is 9.73. The molecule has 5 heteroatoms. The number of benzene rings is 2. The van der Waals surface area contributed by atoms with Crippen LogP contribution in [0.1, 0.15) is 36.5 Å². The molecule has 5 rings (SSSR count). The minimum absolute atomic E-state index is 0.138. The van der Waals surface area contributed by atoms with Crippen molar-refractivity contribution in [2.75, 3.05) is 13.2 Å². The fourth-order valence-electron chi connectivity index (χ4n) is 4.69. The molecular formula is C27H24O5. The Kier molecular flexibility index (Phi) is 5.17. The summed E-state index contributed by atoms with van der Waals surface area (Å²) in [4.78, 5) is 26.5. The molecule has 162 valence electrons. The first-order valence-electron chi connectivity index (χ1n) is 10.9. The Labute approximate surface area is 187 Å². The van der Waals surface area contributed by atoms with Crippen LogP contribution in [0, 0.1) is 5.92 Å². The summed E-state index contributed by atoms with van der Waals surface area (Å²) in [5.41, 5.74) is 4.11. The second-order valence-corrected chi connectivity index (χ2v) is 8.17. The molecule has 2 aliphatic heterocycles. The number of carbonyl (C=O) groups excluding carboxylic acids is 2. The van der Waals surface area contributed by atoms with Crippen molar-refractivity contribution in [3.63, 3.8) is 0 Å². The van der Waals surface area contributed by atoms with Crippen LogP contribution in [-0.4, -0.2) is 25.0 Å². The molecule has 1 saturated heterocycles. The standard InChI is InChI=1S/C27H24O5/c1-3-30-27(29)23-16(2)13-21-25(24(23)19-10-9-18-11-12-31-20(18)15-19)26(28)22(32-21)14-17-7-5-4-6-8-17/h4-10,13-15,24-25H,3,11-12H2,1-2H3/b22-14-. The predicted molar refractivity (Wildman–Crippen MR) is 120 cm³/mol. The fraction of sp³-hybridized carbons (Fsp3) is 0.259. The highest BCUT2D eigenvalue weighted by molar-refractivity contribution is 6.06. The van der Waals surface area contributed by atoms with Crippen molar-refractivity contribution < 1.29 is 23.8 Å². The van der Waals surface area contributed by atoms with Gasteiger partial charge in [-0.2, -0.15) is 0 Å². The van der Waals surface area contributed by atoms with E-state index in [1.165, 1.54) is 0 Å². The summed E-state index contributed by atoms with van der Waals surface area (Å²) in [6, 6.07) is 15.5. The van der Waals surface area contributed by atoms with E-state index >= 15 is 0 Å². The van der Waals surface area contributed by atoms with Gasteiger partial charge >= 0.3 is 5.97 Å². The van der Waals surface area contributed by atoms with Gasteiger partial charge in [-0.15, -0.1) is 0 Å². The Morgan fingerprint density at radius 2 is 1.97 bits per heavy atom. The van der Waals surface area contributed by atoms with Gasteiger partial charge in [0.25, 0.3) is 0 Å². The van der Waals surface area contributed by atoms with Crippen molar-refractivity contribution in [1.29, 1.82) is 0 Å². The first-order valence-corrected chi connectivity index (χ1v) is 10.9. The number of ketones is 1. The van der Waals surface area contributed by atoms with Crippen LogP contribution in [0.5, 0.6) is 5.75 Å². The number of carbonyl (C=O) groups is 2. The quantitative estimate of drug-likeness (QED) is 0.520. The lowest BCUT2D eigenvalue weighted by Gasteiger charge is -2.29. The summed E-state index contributed by atoms with van der Waals surface area (Å²) in [6.07, 6.45) is 4.41. The van der Waals surface area contributed by atoms with Gasteiger partial charge in [-0.25, -0.2) is 4.79 Å². The van der Waals surface area contributed by atoms with Crippen molar-refractivity contribution in [2.24, 2.45) is 5.92 Å². The van der Waals surface area contributed by atoms with Crippen molar-refractivity contribution in [3.8, 4) is 5.75 Å². The van der Waals surface area contributed by atoms with E-state index in [-0.39, 0.29) is 18.1 Å². The van der Waals surface area contributed by atoms with Gasteiger partial charge in [0.1, 0.15) is 11.5 Å². The number of hydrogen-bond acceptors (Lipinski definition) is 5. The molecule has 0 amide bonds. The average Bonchev–Trinajstić information content (AvgIpc) is 3.37. The van der Waals surface area contributed by atoms with Gasteiger partial charge < -0.3 is 14.2 Å². The van der Waals surface area contributed by atoms with Crippen molar-refractivity contribution in [1.82, 2.24) is 0 Å². The molecule has 3 aliphatic rings. The third-order valence-electron chi connectivity index (χ3n) is 6.16. The van der Waals surface area contributed by atoms with Crippen molar-refractivity contribution in [3.05, 3.63) is 94.0 Å². The zero-order chi connectivity index (χ0) is 22.2. The number of hydrogen-bond donors (Lipinski definition) is 0. The summed E-state index contributed by atoms with van der Waals surface area (Å²) in [6.45, 7) is 4.55. The number of esters is 1. The minimum Gasteiger partial charge on any atom is -0.493 e. The van der Waals surface area contributed by atoms with Crippen LogP contribution in [0.25, 0.3) is 6.08 Å². The fourth-order valence-corrected chi connectivity index (χ4v) is 4.69. The maximum absolute atomic E-state index is 13.6. The molecule has 0 radical (unpaired) electrons. The van der Waals surface area contributed by atoms with Crippen LogP contribution in [-0.2, 0) is 25.5 Å². The van der Waals surface area contributed by atoms with Gasteiger partial charge in [-0.05, 0) is 54.3 Å². The number of Topliss-reactive ketones (excluding diaryl/α,β-unsaturated/α-hetero) is 1. The lowest BCUT2D eigenvalue weighted by molar-refractivity contribution is -0.139. The van der Waals surface area contributed by atoms with Crippen LogP contribution >= 0.6 is 0 Å². The molecule has 2 aromatic rings. The van der Waals surface area contributed by atoms with E-state index in [9.17, 15) is 9.59 Å². The molecule has 32 heavy (non-hydrogen) atoms. The Morgan fingerprint density at radius 3 is 2.75 bits per heavy atom. The molecule has 1 fully saturated rings. The van der Waals surface area contributed by atoms with Gasteiger partial charge in [0.15, 0.2) is 5.76 Å². The van der Waals surface area contributed by atoms with Gasteiger partial charge in [0.05, 0.1) is 19.1 Å². The molecule has 1 aliphatic carbocycles. The third-order valence-corrected chi connectivity index (χ3v) is 6.16. The van der Waals surface area contributed by atoms with Gasteiger partial charge in [-0.3, -0.25) is 4.79 Å². The topological polar surface area (TPSA) is 61.8 Å². The number of ether oxygens (including phenoxy) is 3. The normalized spacial score (nSPS) is 22.8. The van der Waals surface area contributed by atoms with E-state index in [0.29, 0.717) is 17.9 Å². The lowest BCUT2D eigenvalue weighted by Crippen LogP contribution is -2.28. The molecule has 0 bridgehead atoms. The van der Waals surface area contributed by atoms with Crippen LogP contribution < -0.4 is 4.74 Å². The Hall–Kier alpha value is -3.60. The predicted octanol–water partition coefficient (Wildman–Crippen LogP) is 4.74. The highest BCUT2D eigenvalue weighted by Gasteiger charge is 2.48. The van der Waals surface area contributed by atoms with E-state index in [1.54, 1.807) is 19.1 Å². The Balaban J connectivity index is 1.61. The van der Waals surface area contributed by atoms with Crippen LogP contribution in [0.3, 0.4) is 0 Å². The van der Waals surface area contributed by atoms with Crippen LogP contribution in [0.2, 0.25) is 0 Å². The summed E-state index contributed by atoms with van der Waals surface area (Å²) in [5, 5.41) is 0. The monoisotopic (exact) mass is 428 g/mol. The highest BCUT2D eigenvalue weighted by atomic mass is 16.5. The van der Waals surface area contributed by atoms with E-state index < -0.39 is 17.8 Å². The molecule has 2 heterocycles. The zero-order valence-corrected chi connectivity index (χ0v) is 18.1. The largest absolute Gasteiger partial charge is 0.493 e. The maximum Gasteiger partial charge on any atom is 0.334 e. The summed E-state index contributed by atoms with van der Waals surface area (Å²) in [5.74, 6) is -0.00105. The van der Waals surface area contributed by atoms with Crippen LogP contribution in [0.4, 0.5) is 0 Å². The Morgan fingerprint density at radius 1 is 1.16 bits per heavy atom. The first-order chi connectivity index (χ1) is 15.6. The maximum atomic E-state index is 13.6. The number of fused-ring (bicyclic) bond motifs is 2. The Bertz CT molecular complexity index is 1190. The summed E-state index contributed by atoms with van der Waals surface area (Å²) >= 11 is 0. The summed E-state index contributed by atoms with van der Waals surface area (Å²) < 4.78 is 17.2. The number of rotatable bonds is 4. The molecule has 5 nitrogen and oxygen atoms in total. The average molecular weight is 428 g/mol. The van der Waals surface area contributed by atoms with Crippen molar-refractivity contribution in [2.45, 2.75) is 26.2 Å². The second-order valence-electron chi connectivity index (χ2n) is 8.17. The molecule has 2 unspecified atom stereocenters. The zero-order valence-electron chi connectivity index (χ0n) is 18.1. The highest BCUT2D eigenvalue weighted by Crippen LogP contribution is 2.49. The number of allylic oxidation sites excluding steroid dienone is 4. The van der Waals surface area contributed by atoms with Gasteiger partial charge in [0, 0.05) is 17.9 Å². The minimum atomic E-state index is -0.618. The van der Waals surface area contributed by atoms with E-state index in [0.717, 1.165) is 34.4 Å². The smallest absolute Gasteiger partial charge is 0.334 e. The first kappa shape index (κ1) is 20.3. The van der Waals surface area contributed by atoms with Gasteiger partial charge in [-0.1, -0.05) is 42.5 Å². The molecule has 0 spiro atoms. The summed E-state index contributed by atoms with van der Waals surface area (Å²) in [7, 11) is 0.